The Hall–Kier alpha value is -1.19. The summed E-state index contributed by atoms with van der Waals surface area (Å²) in [5, 5.41) is 63.8. The molecule has 6 N–H and O–H groups in total. The lowest BCUT2D eigenvalue weighted by Gasteiger charge is -2.71. The maximum Gasteiger partial charge on any atom is 0.312 e. The van der Waals surface area contributed by atoms with Crippen molar-refractivity contribution in [2.45, 2.75) is 161 Å². The number of aliphatic hydroxyl groups excluding tert-OH is 6. The molecular weight excluding hydrogens is 684 g/mol. The summed E-state index contributed by atoms with van der Waals surface area (Å²) in [4.78, 5) is 13.6. The summed E-state index contributed by atoms with van der Waals surface area (Å²) in [5.41, 5.74) is 0.342. The van der Waals surface area contributed by atoms with Crippen molar-refractivity contribution in [1.29, 1.82) is 0 Å². The number of carbonyl (C=O) groups is 1. The molecule has 2 aliphatic heterocycles. The van der Waals surface area contributed by atoms with E-state index in [0.29, 0.717) is 12.3 Å². The molecule has 0 aromatic carbocycles. The van der Waals surface area contributed by atoms with E-state index in [4.69, 9.17) is 23.7 Å². The van der Waals surface area contributed by atoms with Gasteiger partial charge in [0.1, 0.15) is 36.6 Å². The fraction of sp³-hybridized carbons (Fsp3) is 0.927. The van der Waals surface area contributed by atoms with Crippen molar-refractivity contribution in [3.05, 3.63) is 11.6 Å². The van der Waals surface area contributed by atoms with Gasteiger partial charge in [0.05, 0.1) is 38.4 Å². The third-order valence-corrected chi connectivity index (χ3v) is 16.8. The maximum atomic E-state index is 13.6. The Morgan fingerprint density at radius 2 is 1.45 bits per heavy atom. The van der Waals surface area contributed by atoms with Crippen molar-refractivity contribution in [3.63, 3.8) is 0 Å². The Morgan fingerprint density at radius 1 is 0.792 bits per heavy atom. The van der Waals surface area contributed by atoms with Gasteiger partial charge in [-0.25, -0.2) is 0 Å². The minimum absolute atomic E-state index is 0.00495. The lowest BCUT2D eigenvalue weighted by Crippen LogP contribution is -2.67. The Balaban J connectivity index is 1.12. The molecule has 0 unspecified atom stereocenters. The van der Waals surface area contributed by atoms with Crippen LogP contribution in [0.25, 0.3) is 0 Å². The molecular formula is C41H66O12. The first-order valence-electron chi connectivity index (χ1n) is 20.2. The molecule has 7 rings (SSSR count). The van der Waals surface area contributed by atoms with Gasteiger partial charge in [0, 0.05) is 5.41 Å². The SMILES string of the molecule is COC(=O)[C@]12CCC(C)(C)C[C@H]1C1=CC[C@@H]3[C@@]4(C)CC[C@H](O[C@@H]5OC[C@H](O)[C@H](O[C@@H]6OC[C@@H](O)[C@H](O)[C@H]6O)[C@H]5O)[C@@](C)(CO)[C@@H]4CC[C@@]3(C)[C@]1(C)CC2. The molecule has 12 heteroatoms. The van der Waals surface area contributed by atoms with Crippen molar-refractivity contribution in [1.82, 2.24) is 0 Å². The van der Waals surface area contributed by atoms with Crippen LogP contribution in [-0.4, -0.2) is 119 Å². The van der Waals surface area contributed by atoms with Gasteiger partial charge in [-0.15, -0.1) is 0 Å². The molecule has 53 heavy (non-hydrogen) atoms. The predicted octanol–water partition coefficient (Wildman–Crippen LogP) is 3.22. The number of fused-ring (bicyclic) bond motifs is 7. The summed E-state index contributed by atoms with van der Waals surface area (Å²) in [6.45, 7) is 13.6. The average molecular weight is 751 g/mol. The quantitative estimate of drug-likeness (QED) is 0.133. The van der Waals surface area contributed by atoms with Crippen LogP contribution in [0.15, 0.2) is 11.6 Å². The van der Waals surface area contributed by atoms with Crippen LogP contribution in [0.1, 0.15) is 106 Å². The summed E-state index contributed by atoms with van der Waals surface area (Å²) >= 11 is 0. The molecule has 17 atom stereocenters. The molecule has 2 heterocycles. The molecule has 0 bridgehead atoms. The second-order valence-corrected chi connectivity index (χ2v) is 19.8. The number of hydrogen-bond donors (Lipinski definition) is 6. The van der Waals surface area contributed by atoms with E-state index in [0.717, 1.165) is 57.8 Å². The summed E-state index contributed by atoms with van der Waals surface area (Å²) in [5.74, 6) is 0.611. The van der Waals surface area contributed by atoms with Crippen molar-refractivity contribution in [3.8, 4) is 0 Å². The highest BCUT2D eigenvalue weighted by Gasteiger charge is 2.70. The number of aliphatic hydroxyl groups is 6. The Bertz CT molecular complexity index is 1420. The highest BCUT2D eigenvalue weighted by atomic mass is 16.7. The monoisotopic (exact) mass is 750 g/mol. The molecule has 0 amide bonds. The Labute approximate surface area is 314 Å². The second-order valence-electron chi connectivity index (χ2n) is 19.8. The second kappa shape index (κ2) is 13.7. The van der Waals surface area contributed by atoms with E-state index in [1.54, 1.807) is 7.11 Å². The van der Waals surface area contributed by atoms with Crippen LogP contribution < -0.4 is 0 Å². The number of ether oxygens (including phenoxy) is 5. The van der Waals surface area contributed by atoms with Crippen LogP contribution in [0.4, 0.5) is 0 Å². The zero-order chi connectivity index (χ0) is 38.5. The highest BCUT2D eigenvalue weighted by molar-refractivity contribution is 5.78. The molecule has 0 spiro atoms. The molecule has 7 aliphatic rings. The zero-order valence-electron chi connectivity index (χ0n) is 32.8. The van der Waals surface area contributed by atoms with Crippen molar-refractivity contribution >= 4 is 5.97 Å². The molecule has 12 nitrogen and oxygen atoms in total. The van der Waals surface area contributed by atoms with E-state index in [-0.39, 0.29) is 59.3 Å². The van der Waals surface area contributed by atoms with E-state index in [1.807, 2.05) is 0 Å². The Morgan fingerprint density at radius 3 is 2.13 bits per heavy atom. The number of esters is 1. The molecule has 2 saturated heterocycles. The van der Waals surface area contributed by atoms with Crippen LogP contribution in [0.2, 0.25) is 0 Å². The van der Waals surface area contributed by atoms with Gasteiger partial charge in [-0.2, -0.15) is 0 Å². The maximum absolute atomic E-state index is 13.6. The van der Waals surface area contributed by atoms with Gasteiger partial charge in [-0.05, 0) is 104 Å². The minimum atomic E-state index is -1.59. The number of rotatable bonds is 6. The van der Waals surface area contributed by atoms with Gasteiger partial charge in [0.25, 0.3) is 0 Å². The number of methoxy groups -OCH3 is 1. The Kier molecular flexibility index (Phi) is 10.4. The summed E-state index contributed by atoms with van der Waals surface area (Å²) < 4.78 is 29.1. The average Bonchev–Trinajstić information content (AvgIpc) is 3.11. The minimum Gasteiger partial charge on any atom is -0.469 e. The standard InChI is InChI=1S/C41H66O12/c1-36(2)14-16-41(35(48)49-7)17-15-39(5)22(23(41)18-36)8-9-27-37(3)12-11-28(38(4,21-42)26(37)10-13-40(27,39)6)52-34-31(47)32(25(44)20-51-34)53-33-30(46)29(45)24(43)19-50-33/h8,23-34,42-47H,9-21H2,1-7H3/t23-,24+,25-,26+,27+,28-,29-,30+,31+,32-,33-,34-,37-,38-,39+,40+,41-/m0/s1. The summed E-state index contributed by atoms with van der Waals surface area (Å²) in [6.07, 6.45) is 0.171. The third kappa shape index (κ3) is 5.94. The first-order chi connectivity index (χ1) is 24.8. The highest BCUT2D eigenvalue weighted by Crippen LogP contribution is 2.76. The predicted molar refractivity (Wildman–Crippen MR) is 192 cm³/mol. The molecule has 0 radical (unpaired) electrons. The van der Waals surface area contributed by atoms with Crippen LogP contribution in [0.5, 0.6) is 0 Å². The third-order valence-electron chi connectivity index (χ3n) is 16.8. The largest absolute Gasteiger partial charge is 0.469 e. The molecule has 0 aromatic rings. The smallest absolute Gasteiger partial charge is 0.312 e. The molecule has 4 saturated carbocycles. The van der Waals surface area contributed by atoms with Gasteiger partial charge >= 0.3 is 5.97 Å². The fourth-order valence-corrected chi connectivity index (χ4v) is 13.3. The number of allylic oxidation sites excluding steroid dienone is 2. The first kappa shape index (κ1) is 40.0. The normalized spacial score (nSPS) is 53.6. The number of carbonyl (C=O) groups excluding carboxylic acids is 1. The van der Waals surface area contributed by atoms with Gasteiger partial charge < -0.3 is 54.3 Å². The van der Waals surface area contributed by atoms with Crippen molar-refractivity contribution in [2.75, 3.05) is 26.9 Å². The lowest BCUT2D eigenvalue weighted by molar-refractivity contribution is -0.348. The molecule has 6 fully saturated rings. The summed E-state index contributed by atoms with van der Waals surface area (Å²) in [6, 6.07) is 0. The number of hydrogen-bond acceptors (Lipinski definition) is 12. The van der Waals surface area contributed by atoms with Gasteiger partial charge in [-0.3, -0.25) is 4.79 Å². The van der Waals surface area contributed by atoms with Crippen molar-refractivity contribution in [2.24, 2.45) is 50.2 Å². The fourth-order valence-electron chi connectivity index (χ4n) is 13.3. The first-order valence-corrected chi connectivity index (χ1v) is 20.2. The van der Waals surface area contributed by atoms with E-state index in [2.05, 4.69) is 47.6 Å². The van der Waals surface area contributed by atoms with E-state index < -0.39 is 66.1 Å². The van der Waals surface area contributed by atoms with Crippen molar-refractivity contribution < 1.29 is 59.1 Å². The van der Waals surface area contributed by atoms with E-state index in [1.165, 1.54) is 5.57 Å². The van der Waals surface area contributed by atoms with Crippen LogP contribution in [0.3, 0.4) is 0 Å². The zero-order valence-corrected chi connectivity index (χ0v) is 32.8. The van der Waals surface area contributed by atoms with Gasteiger partial charge in [0.2, 0.25) is 0 Å². The molecule has 5 aliphatic carbocycles. The van der Waals surface area contributed by atoms with Crippen LogP contribution >= 0.6 is 0 Å². The van der Waals surface area contributed by atoms with E-state index >= 15 is 0 Å². The van der Waals surface area contributed by atoms with Crippen LogP contribution in [-0.2, 0) is 28.5 Å². The van der Waals surface area contributed by atoms with Gasteiger partial charge in [-0.1, -0.05) is 53.2 Å². The van der Waals surface area contributed by atoms with Crippen LogP contribution in [0, 0.1) is 50.2 Å². The molecule has 302 valence electrons. The van der Waals surface area contributed by atoms with E-state index in [9.17, 15) is 35.4 Å². The summed E-state index contributed by atoms with van der Waals surface area (Å²) in [7, 11) is 1.54. The van der Waals surface area contributed by atoms with Gasteiger partial charge in [0.15, 0.2) is 12.6 Å². The lowest BCUT2D eigenvalue weighted by atomic mass is 9.33. The topological polar surface area (TPSA) is 185 Å². The molecule has 0 aromatic heterocycles.